The van der Waals surface area contributed by atoms with Crippen molar-refractivity contribution in [2.45, 2.75) is 18.1 Å². The van der Waals surface area contributed by atoms with Gasteiger partial charge in [-0.2, -0.15) is 0 Å². The number of hydrogen-bond acceptors (Lipinski definition) is 6. The van der Waals surface area contributed by atoms with E-state index in [1.54, 1.807) is 67.3 Å². The largest absolute Gasteiger partial charge is 0.497 e. The van der Waals surface area contributed by atoms with Gasteiger partial charge in [-0.3, -0.25) is 9.59 Å². The summed E-state index contributed by atoms with van der Waals surface area (Å²) in [6.45, 7) is 1.83. The van der Waals surface area contributed by atoms with Gasteiger partial charge in [0.15, 0.2) is 16.8 Å². The Morgan fingerprint density at radius 1 is 1.17 bits per heavy atom. The molecule has 0 aliphatic heterocycles. The van der Waals surface area contributed by atoms with Crippen LogP contribution in [0.2, 0.25) is 5.02 Å². The molecule has 0 bridgehead atoms. The fourth-order valence-electron chi connectivity index (χ4n) is 2.78. The third-order valence-electron chi connectivity index (χ3n) is 4.43. The minimum absolute atomic E-state index is 0.0347. The quantitative estimate of drug-likeness (QED) is 0.418. The lowest BCUT2D eigenvalue weighted by Gasteiger charge is -2.13. The standard InChI is InChI=1S/C21H21ClN4O3S/c1-13(23-20(28)14-7-9-16(22)10-8-14)19-24-25-21(26(19)2)30-12-18(27)15-5-4-6-17(11-15)29-3/h4-11,13H,12H2,1-3H3,(H,23,28). The van der Waals surface area contributed by atoms with Gasteiger partial charge in [-0.1, -0.05) is 35.5 Å². The van der Waals surface area contributed by atoms with E-state index in [0.29, 0.717) is 32.9 Å². The van der Waals surface area contributed by atoms with Gasteiger partial charge in [-0.15, -0.1) is 10.2 Å². The number of ether oxygens (including phenoxy) is 1. The molecule has 1 unspecified atom stereocenters. The number of hydrogen-bond donors (Lipinski definition) is 1. The third-order valence-corrected chi connectivity index (χ3v) is 5.71. The fraction of sp³-hybridized carbons (Fsp3) is 0.238. The Hall–Kier alpha value is -2.84. The molecule has 1 heterocycles. The van der Waals surface area contributed by atoms with E-state index in [4.69, 9.17) is 16.3 Å². The van der Waals surface area contributed by atoms with Gasteiger partial charge in [0.1, 0.15) is 5.75 Å². The average Bonchev–Trinajstić information content (AvgIpc) is 3.12. The maximum atomic E-state index is 12.5. The molecule has 0 aliphatic rings. The molecule has 1 atom stereocenters. The molecule has 3 aromatic rings. The average molecular weight is 445 g/mol. The number of rotatable bonds is 8. The van der Waals surface area contributed by atoms with E-state index in [1.165, 1.54) is 11.8 Å². The maximum Gasteiger partial charge on any atom is 0.251 e. The van der Waals surface area contributed by atoms with E-state index in [0.717, 1.165) is 0 Å². The molecule has 0 fully saturated rings. The van der Waals surface area contributed by atoms with Gasteiger partial charge < -0.3 is 14.6 Å². The molecule has 30 heavy (non-hydrogen) atoms. The van der Waals surface area contributed by atoms with E-state index in [1.807, 2.05) is 6.92 Å². The first-order chi connectivity index (χ1) is 14.4. The summed E-state index contributed by atoms with van der Waals surface area (Å²) in [5.41, 5.74) is 1.08. The molecular weight excluding hydrogens is 424 g/mol. The maximum absolute atomic E-state index is 12.5. The lowest BCUT2D eigenvalue weighted by Crippen LogP contribution is -2.28. The fourth-order valence-corrected chi connectivity index (χ4v) is 3.72. The summed E-state index contributed by atoms with van der Waals surface area (Å²) in [4.78, 5) is 24.9. The van der Waals surface area contributed by atoms with Crippen LogP contribution in [0.4, 0.5) is 0 Å². The lowest BCUT2D eigenvalue weighted by molar-refractivity contribution is 0.0937. The van der Waals surface area contributed by atoms with Crippen LogP contribution >= 0.6 is 23.4 Å². The van der Waals surface area contributed by atoms with Crippen molar-refractivity contribution in [1.29, 1.82) is 0 Å². The van der Waals surface area contributed by atoms with Crippen molar-refractivity contribution in [3.63, 3.8) is 0 Å². The van der Waals surface area contributed by atoms with Crippen LogP contribution < -0.4 is 10.1 Å². The molecule has 0 radical (unpaired) electrons. The van der Waals surface area contributed by atoms with Crippen molar-refractivity contribution in [1.82, 2.24) is 20.1 Å². The van der Waals surface area contributed by atoms with Crippen LogP contribution in [-0.2, 0) is 7.05 Å². The minimum Gasteiger partial charge on any atom is -0.497 e. The second kappa shape index (κ2) is 9.77. The molecule has 156 valence electrons. The van der Waals surface area contributed by atoms with Gasteiger partial charge in [0, 0.05) is 23.2 Å². The molecular formula is C21H21ClN4O3S. The summed E-state index contributed by atoms with van der Waals surface area (Å²) in [5.74, 6) is 1.17. The Bertz CT molecular complexity index is 1050. The van der Waals surface area contributed by atoms with E-state index >= 15 is 0 Å². The summed E-state index contributed by atoms with van der Waals surface area (Å²) < 4.78 is 6.93. The SMILES string of the molecule is COc1cccc(C(=O)CSc2nnc(C(C)NC(=O)c3ccc(Cl)cc3)n2C)c1. The Balaban J connectivity index is 1.62. The van der Waals surface area contributed by atoms with Gasteiger partial charge in [0.05, 0.1) is 18.9 Å². The molecule has 0 saturated carbocycles. The number of Topliss-reactive ketones (excluding diaryl/α,β-unsaturated/α-hetero) is 1. The normalized spacial score (nSPS) is 11.7. The van der Waals surface area contributed by atoms with Crippen LogP contribution in [0.15, 0.2) is 53.7 Å². The number of halogens is 1. The number of nitrogens with one attached hydrogen (secondary N) is 1. The molecule has 7 nitrogen and oxygen atoms in total. The van der Waals surface area contributed by atoms with E-state index in [-0.39, 0.29) is 23.5 Å². The zero-order chi connectivity index (χ0) is 21.7. The zero-order valence-electron chi connectivity index (χ0n) is 16.8. The molecule has 0 aliphatic carbocycles. The van der Waals surface area contributed by atoms with E-state index in [2.05, 4.69) is 15.5 Å². The summed E-state index contributed by atoms with van der Waals surface area (Å²) in [7, 11) is 3.37. The van der Waals surface area contributed by atoms with Crippen LogP contribution in [-0.4, -0.2) is 39.3 Å². The molecule has 3 rings (SSSR count). The summed E-state index contributed by atoms with van der Waals surface area (Å²) in [6.07, 6.45) is 0. The molecule has 2 aromatic carbocycles. The van der Waals surface area contributed by atoms with E-state index < -0.39 is 0 Å². The zero-order valence-corrected chi connectivity index (χ0v) is 18.3. The predicted molar refractivity (Wildman–Crippen MR) is 116 cm³/mol. The lowest BCUT2D eigenvalue weighted by atomic mass is 10.1. The van der Waals surface area contributed by atoms with Crippen molar-refractivity contribution >= 4 is 35.1 Å². The summed E-state index contributed by atoms with van der Waals surface area (Å²) in [6, 6.07) is 13.3. The number of ketones is 1. The third kappa shape index (κ3) is 5.20. The molecule has 1 aromatic heterocycles. The number of carbonyl (C=O) groups is 2. The topological polar surface area (TPSA) is 86.1 Å². The van der Waals surface area contributed by atoms with Crippen LogP contribution in [0, 0.1) is 0 Å². The van der Waals surface area contributed by atoms with Crippen molar-refractivity contribution in [2.75, 3.05) is 12.9 Å². The van der Waals surface area contributed by atoms with Crippen LogP contribution in [0.1, 0.15) is 39.5 Å². The molecule has 1 N–H and O–H groups in total. The highest BCUT2D eigenvalue weighted by Crippen LogP contribution is 2.22. The number of aromatic nitrogens is 3. The molecule has 0 spiro atoms. The highest BCUT2D eigenvalue weighted by molar-refractivity contribution is 7.99. The Morgan fingerprint density at radius 3 is 2.60 bits per heavy atom. The van der Waals surface area contributed by atoms with Gasteiger partial charge in [0.25, 0.3) is 5.91 Å². The highest BCUT2D eigenvalue weighted by atomic mass is 35.5. The smallest absolute Gasteiger partial charge is 0.251 e. The first-order valence-electron chi connectivity index (χ1n) is 9.15. The van der Waals surface area contributed by atoms with Crippen LogP contribution in [0.25, 0.3) is 0 Å². The van der Waals surface area contributed by atoms with Gasteiger partial charge in [-0.05, 0) is 43.3 Å². The van der Waals surface area contributed by atoms with Gasteiger partial charge in [0.2, 0.25) is 0 Å². The van der Waals surface area contributed by atoms with Gasteiger partial charge in [-0.25, -0.2) is 0 Å². The predicted octanol–water partition coefficient (Wildman–Crippen LogP) is 3.94. The van der Waals surface area contributed by atoms with Crippen molar-refractivity contribution in [3.05, 3.63) is 70.5 Å². The van der Waals surface area contributed by atoms with Crippen molar-refractivity contribution in [2.24, 2.45) is 7.05 Å². The van der Waals surface area contributed by atoms with E-state index in [9.17, 15) is 9.59 Å². The number of amides is 1. The molecule has 0 saturated heterocycles. The minimum atomic E-state index is -0.367. The number of benzene rings is 2. The number of methoxy groups -OCH3 is 1. The second-order valence-corrected chi connectivity index (χ2v) is 7.92. The van der Waals surface area contributed by atoms with Crippen LogP contribution in [0.5, 0.6) is 5.75 Å². The van der Waals surface area contributed by atoms with Crippen molar-refractivity contribution in [3.8, 4) is 5.75 Å². The highest BCUT2D eigenvalue weighted by Gasteiger charge is 2.19. The first-order valence-corrected chi connectivity index (χ1v) is 10.5. The van der Waals surface area contributed by atoms with Crippen molar-refractivity contribution < 1.29 is 14.3 Å². The summed E-state index contributed by atoms with van der Waals surface area (Å²) in [5, 5.41) is 12.4. The molecule has 1 amide bonds. The Morgan fingerprint density at radius 2 is 1.90 bits per heavy atom. The number of thioether (sulfide) groups is 1. The summed E-state index contributed by atoms with van der Waals surface area (Å²) >= 11 is 7.15. The Labute approximate surface area is 183 Å². The Kier molecular flexibility index (Phi) is 7.12. The monoisotopic (exact) mass is 444 g/mol. The first kappa shape index (κ1) is 21.9. The second-order valence-electron chi connectivity index (χ2n) is 6.55. The number of nitrogens with zero attached hydrogens (tertiary/aromatic N) is 3. The number of carbonyl (C=O) groups excluding carboxylic acids is 2. The van der Waals surface area contributed by atoms with Crippen LogP contribution in [0.3, 0.4) is 0 Å². The van der Waals surface area contributed by atoms with Gasteiger partial charge >= 0.3 is 0 Å². The molecule has 9 heteroatoms.